The predicted octanol–water partition coefficient (Wildman–Crippen LogP) is 2.84. The number of nitrogens with zero attached hydrogens (tertiary/aromatic N) is 1. The van der Waals surface area contributed by atoms with Crippen LogP contribution in [0.3, 0.4) is 0 Å². The van der Waals surface area contributed by atoms with Crippen LogP contribution >= 0.6 is 0 Å². The molecule has 0 aliphatic carbocycles. The lowest BCUT2D eigenvalue weighted by Gasteiger charge is -2.19. The van der Waals surface area contributed by atoms with Gasteiger partial charge in [-0.25, -0.2) is 0 Å². The largest absolute Gasteiger partial charge is 0.376 e. The summed E-state index contributed by atoms with van der Waals surface area (Å²) in [7, 11) is 3.94. The van der Waals surface area contributed by atoms with Gasteiger partial charge in [0.25, 0.3) is 0 Å². The van der Waals surface area contributed by atoms with Crippen LogP contribution in [0.15, 0.2) is 24.3 Å². The van der Waals surface area contributed by atoms with Gasteiger partial charge in [-0.2, -0.15) is 0 Å². The van der Waals surface area contributed by atoms with Crippen molar-refractivity contribution in [3.63, 3.8) is 0 Å². The lowest BCUT2D eigenvalue weighted by molar-refractivity contribution is -0.119. The van der Waals surface area contributed by atoms with Gasteiger partial charge in [-0.05, 0) is 31.9 Å². The number of hydrogen-bond donors (Lipinski definition) is 2. The average molecular weight is 277 g/mol. The second-order valence-corrected chi connectivity index (χ2v) is 5.71. The minimum absolute atomic E-state index is 0.00367. The number of anilines is 2. The lowest BCUT2D eigenvalue weighted by atomic mass is 10.0. The summed E-state index contributed by atoms with van der Waals surface area (Å²) in [6.07, 6.45) is 2.82. The minimum Gasteiger partial charge on any atom is -0.376 e. The van der Waals surface area contributed by atoms with Gasteiger partial charge in [0.15, 0.2) is 0 Å². The van der Waals surface area contributed by atoms with Crippen LogP contribution in [0.5, 0.6) is 0 Å². The van der Waals surface area contributed by atoms with Crippen molar-refractivity contribution in [2.75, 3.05) is 24.3 Å². The Morgan fingerprint density at radius 2 is 1.90 bits per heavy atom. The molecule has 0 fully saturated rings. The SMILES string of the molecule is CC(N)CCCC(C)C(=O)Nc1ccccc1N(C)C. The number of carbonyl (C=O) groups is 1. The molecule has 4 nitrogen and oxygen atoms in total. The summed E-state index contributed by atoms with van der Waals surface area (Å²) in [5.74, 6) is 0.0768. The highest BCUT2D eigenvalue weighted by Gasteiger charge is 2.14. The first-order valence-electron chi connectivity index (χ1n) is 7.24. The second kappa shape index (κ2) is 7.90. The van der Waals surface area contributed by atoms with Gasteiger partial charge in [0, 0.05) is 26.1 Å². The lowest BCUT2D eigenvalue weighted by Crippen LogP contribution is -2.23. The van der Waals surface area contributed by atoms with Gasteiger partial charge in [-0.15, -0.1) is 0 Å². The van der Waals surface area contributed by atoms with Crippen molar-refractivity contribution in [3.05, 3.63) is 24.3 Å². The Balaban J connectivity index is 2.57. The van der Waals surface area contributed by atoms with Crippen molar-refractivity contribution in [3.8, 4) is 0 Å². The first-order chi connectivity index (χ1) is 9.41. The highest BCUT2D eigenvalue weighted by atomic mass is 16.1. The number of nitrogens with two attached hydrogens (primary N) is 1. The van der Waals surface area contributed by atoms with Gasteiger partial charge in [0.05, 0.1) is 11.4 Å². The summed E-state index contributed by atoms with van der Waals surface area (Å²) in [6.45, 7) is 3.97. The van der Waals surface area contributed by atoms with Crippen molar-refractivity contribution in [1.82, 2.24) is 0 Å². The molecule has 2 atom stereocenters. The number of para-hydroxylation sites is 2. The summed E-state index contributed by atoms with van der Waals surface area (Å²) >= 11 is 0. The van der Waals surface area contributed by atoms with Crippen LogP contribution in [-0.2, 0) is 4.79 Å². The molecule has 0 aliphatic heterocycles. The van der Waals surface area contributed by atoms with Crippen LogP contribution in [0, 0.1) is 5.92 Å². The number of nitrogens with one attached hydrogen (secondary N) is 1. The first kappa shape index (κ1) is 16.5. The fraction of sp³-hybridized carbons (Fsp3) is 0.562. The molecule has 0 saturated heterocycles. The summed E-state index contributed by atoms with van der Waals surface area (Å²) < 4.78 is 0. The fourth-order valence-corrected chi connectivity index (χ4v) is 2.10. The Labute approximate surface area is 122 Å². The Morgan fingerprint density at radius 1 is 1.25 bits per heavy atom. The molecule has 0 radical (unpaired) electrons. The van der Waals surface area contributed by atoms with Crippen LogP contribution in [-0.4, -0.2) is 26.0 Å². The Morgan fingerprint density at radius 3 is 2.50 bits per heavy atom. The Hall–Kier alpha value is -1.55. The molecule has 1 aromatic carbocycles. The Kier molecular flexibility index (Phi) is 6.52. The number of carbonyl (C=O) groups excluding carboxylic acids is 1. The topological polar surface area (TPSA) is 58.4 Å². The summed E-state index contributed by atoms with van der Waals surface area (Å²) in [5.41, 5.74) is 7.61. The van der Waals surface area contributed by atoms with Gasteiger partial charge in [-0.3, -0.25) is 4.79 Å². The van der Waals surface area contributed by atoms with E-state index in [1.54, 1.807) is 0 Å². The van der Waals surface area contributed by atoms with E-state index in [0.29, 0.717) is 0 Å². The number of benzene rings is 1. The highest BCUT2D eigenvalue weighted by Crippen LogP contribution is 2.24. The predicted molar refractivity (Wildman–Crippen MR) is 86.1 cm³/mol. The smallest absolute Gasteiger partial charge is 0.227 e. The maximum absolute atomic E-state index is 12.2. The third-order valence-electron chi connectivity index (χ3n) is 3.39. The van der Waals surface area contributed by atoms with E-state index in [9.17, 15) is 4.79 Å². The highest BCUT2D eigenvalue weighted by molar-refractivity contribution is 5.95. The van der Waals surface area contributed by atoms with Crippen molar-refractivity contribution >= 4 is 17.3 Å². The van der Waals surface area contributed by atoms with E-state index in [4.69, 9.17) is 5.73 Å². The van der Waals surface area contributed by atoms with E-state index < -0.39 is 0 Å². The number of amides is 1. The zero-order valence-electron chi connectivity index (χ0n) is 13.0. The zero-order chi connectivity index (χ0) is 15.1. The van der Waals surface area contributed by atoms with Gasteiger partial charge in [0.1, 0.15) is 0 Å². The maximum atomic E-state index is 12.2. The normalized spacial score (nSPS) is 13.7. The van der Waals surface area contributed by atoms with Gasteiger partial charge in [-0.1, -0.05) is 25.5 Å². The molecule has 2 unspecified atom stereocenters. The van der Waals surface area contributed by atoms with E-state index in [0.717, 1.165) is 30.6 Å². The van der Waals surface area contributed by atoms with E-state index in [1.807, 2.05) is 57.1 Å². The Bertz CT molecular complexity index is 429. The van der Waals surface area contributed by atoms with Gasteiger partial charge < -0.3 is 16.0 Å². The van der Waals surface area contributed by atoms with E-state index in [-0.39, 0.29) is 17.9 Å². The molecule has 0 bridgehead atoms. The summed E-state index contributed by atoms with van der Waals surface area (Å²) in [6, 6.07) is 8.04. The van der Waals surface area contributed by atoms with Crippen molar-refractivity contribution in [2.45, 2.75) is 39.2 Å². The molecular weight excluding hydrogens is 250 g/mol. The molecule has 0 aromatic heterocycles. The standard InChI is InChI=1S/C16H27N3O/c1-12(8-7-9-13(2)17)16(20)18-14-10-5-6-11-15(14)19(3)4/h5-6,10-13H,7-9,17H2,1-4H3,(H,18,20). The number of rotatable bonds is 7. The zero-order valence-corrected chi connectivity index (χ0v) is 13.0. The van der Waals surface area contributed by atoms with E-state index in [1.165, 1.54) is 0 Å². The molecule has 1 aromatic rings. The molecule has 3 N–H and O–H groups in total. The number of hydrogen-bond acceptors (Lipinski definition) is 3. The van der Waals surface area contributed by atoms with Crippen LogP contribution in [0.2, 0.25) is 0 Å². The van der Waals surface area contributed by atoms with Crippen LogP contribution in [0.25, 0.3) is 0 Å². The van der Waals surface area contributed by atoms with Crippen molar-refractivity contribution < 1.29 is 4.79 Å². The molecule has 0 saturated carbocycles. The average Bonchev–Trinajstić information content (AvgIpc) is 2.38. The van der Waals surface area contributed by atoms with Gasteiger partial charge >= 0.3 is 0 Å². The fourth-order valence-electron chi connectivity index (χ4n) is 2.10. The van der Waals surface area contributed by atoms with Crippen LogP contribution in [0.1, 0.15) is 33.1 Å². The van der Waals surface area contributed by atoms with E-state index in [2.05, 4.69) is 5.32 Å². The minimum atomic E-state index is 0.00367. The second-order valence-electron chi connectivity index (χ2n) is 5.71. The maximum Gasteiger partial charge on any atom is 0.227 e. The first-order valence-corrected chi connectivity index (χ1v) is 7.24. The third kappa shape index (κ3) is 5.21. The quantitative estimate of drug-likeness (QED) is 0.805. The molecule has 0 spiro atoms. The van der Waals surface area contributed by atoms with E-state index >= 15 is 0 Å². The summed E-state index contributed by atoms with van der Waals surface area (Å²) in [4.78, 5) is 14.2. The van der Waals surface area contributed by atoms with Crippen LogP contribution < -0.4 is 16.0 Å². The molecular formula is C16H27N3O. The third-order valence-corrected chi connectivity index (χ3v) is 3.39. The summed E-state index contributed by atoms with van der Waals surface area (Å²) in [5, 5.41) is 3.02. The van der Waals surface area contributed by atoms with Crippen LogP contribution in [0.4, 0.5) is 11.4 Å². The molecule has 4 heteroatoms. The van der Waals surface area contributed by atoms with Crippen molar-refractivity contribution in [1.29, 1.82) is 0 Å². The van der Waals surface area contributed by atoms with Gasteiger partial charge in [0.2, 0.25) is 5.91 Å². The molecule has 1 rings (SSSR count). The molecule has 20 heavy (non-hydrogen) atoms. The molecule has 112 valence electrons. The molecule has 1 amide bonds. The van der Waals surface area contributed by atoms with Crippen molar-refractivity contribution in [2.24, 2.45) is 11.7 Å². The monoisotopic (exact) mass is 277 g/mol. The molecule has 0 aliphatic rings. The molecule has 0 heterocycles.